The third-order valence-corrected chi connectivity index (χ3v) is 25.9. The zero-order valence-corrected chi connectivity index (χ0v) is 67.4. The average molecular weight is 1780 g/mol. The molecule has 46 nitrogen and oxygen atoms in total. The first-order valence-electron chi connectivity index (χ1n) is 34.8. The fraction of sp³-hybridized carbons (Fsp3) is 0.235. The van der Waals surface area contributed by atoms with E-state index in [-0.39, 0.29) is 79.0 Å². The number of H-pyrrole nitrogens is 6. The van der Waals surface area contributed by atoms with E-state index < -0.39 is 241 Å². The summed E-state index contributed by atoms with van der Waals surface area (Å²) in [5.41, 5.74) is -3.60. The van der Waals surface area contributed by atoms with E-state index >= 15 is 0 Å². The van der Waals surface area contributed by atoms with Gasteiger partial charge in [0.1, 0.15) is 9.79 Å². The molecule has 0 aliphatic rings. The maximum atomic E-state index is 14.0. The van der Waals surface area contributed by atoms with Gasteiger partial charge in [0.25, 0.3) is 20.2 Å². The number of aromatic amines is 6. The minimum Gasteiger partial charge on any atom is -0.497 e. The quantitative estimate of drug-likeness (QED) is 0.0103. The highest BCUT2D eigenvalue weighted by atomic mass is 32.2. The van der Waals surface area contributed by atoms with Crippen molar-refractivity contribution >= 4 is 154 Å². The molecule has 24 N–H and O–H groups in total. The highest BCUT2D eigenvalue weighted by Crippen LogP contribution is 2.30. The van der Waals surface area contributed by atoms with Gasteiger partial charge in [-0.3, -0.25) is 82.3 Å². The number of nitrogens with one attached hydrogen (secondary N) is 14. The maximum absolute atomic E-state index is 14.0. The van der Waals surface area contributed by atoms with Crippen LogP contribution in [0.3, 0.4) is 0 Å². The Morgan fingerprint density at radius 1 is 0.275 bits per heavy atom. The van der Waals surface area contributed by atoms with E-state index in [4.69, 9.17) is 43.3 Å². The van der Waals surface area contributed by atoms with Crippen LogP contribution in [0.4, 0.5) is 34.1 Å². The predicted molar refractivity (Wildman–Crippen MR) is 432 cm³/mol. The summed E-state index contributed by atoms with van der Waals surface area (Å²) in [7, 11) is -28.7. The molecule has 0 radical (unpaired) electrons. The summed E-state index contributed by atoms with van der Waals surface area (Å²) in [5.74, 6) is -6.86. The first kappa shape index (κ1) is 92.6. The fourth-order valence-electron chi connectivity index (χ4n) is 10.8. The number of hydrogen-bond donors (Lipinski definition) is 24. The van der Waals surface area contributed by atoms with E-state index in [1.807, 2.05) is 0 Å². The van der Waals surface area contributed by atoms with E-state index in [2.05, 4.69) is 59.9 Å². The van der Waals surface area contributed by atoms with Gasteiger partial charge < -0.3 is 40.9 Å². The van der Waals surface area contributed by atoms with Gasteiger partial charge in [-0.1, -0.05) is 48.6 Å². The van der Waals surface area contributed by atoms with Gasteiger partial charge in [0.15, 0.2) is 47.2 Å². The molecule has 8 aromatic rings. The van der Waals surface area contributed by atoms with Crippen molar-refractivity contribution in [3.8, 4) is 0 Å². The van der Waals surface area contributed by atoms with Gasteiger partial charge in [-0.25, -0.2) is 63.6 Å². The Balaban J connectivity index is 1.26. The summed E-state index contributed by atoms with van der Waals surface area (Å²) in [4.78, 5) is 40.3. The van der Waals surface area contributed by atoms with Crippen molar-refractivity contribution in [3.63, 3.8) is 0 Å². The molecule has 0 aliphatic heterocycles. The second-order valence-electron chi connectivity index (χ2n) is 25.4. The molecule has 0 atom stereocenters. The number of rotatable bonds is 42. The molecule has 0 saturated carbocycles. The van der Waals surface area contributed by atoms with E-state index in [0.717, 1.165) is 77.9 Å². The topological polar surface area (TPSA) is 780 Å². The standard InChI is InChI=1S/C68H80N24O22S6/c69-55(93)19-27-89(28-20-56(70)94)115(101,102)49-9-1-5-43(35-49)77-63-83-64(78-44-6-2-10-50(36-44)116(103,104)90(29-21-57(71)95)30-22-58(72)96)86-67(85-63)81-47-17-15-41(53(39-47)119(109,110)111)13-14-42-16-18-48(40-54(42)120(112,113)114)82-68-87-65(79-45-7-3-11-51(37-45)117(105,106)91(31-23-59(73)97)32-24-60(74)98)84-66(88-68)80-46-8-4-12-52(38-46)118(107,108)92(33-25-61(75)99)34-26-62(76)100/h1-18,35-40H,19-34H2,(H2,69,93)(H2,70,94)(H2,71,95)(H2,72,96)(H2,73,97)(H2,74,98)(H2,75,99)(H2,76,100)(H,109,110,111)(H,112,113,114)(H3,77,78,81,83,85,86)(H3,79,80,82,84,87,88)/b14-13+. The zero-order valence-electron chi connectivity index (χ0n) is 62.5. The van der Waals surface area contributed by atoms with Gasteiger partial charge in [0, 0.05) is 104 Å². The number of nitrogens with zero attached hydrogens (tertiary/aromatic N) is 10. The SMILES string of the molecule is N=C(O)CCN(CCC(=N)O)S(=O)(=O)c1cccc(N=c2[nH]c(=Nc3cccc(S(=O)(=O)N(CCC(=N)O)CCC(=N)O)c3)[nH]c(=Nc3ccc(/C=C/c4ccc(N=c5[nH]c(=Nc6cccc(S(=O)(=O)N(CCC(=N)O)CCC(=N)O)c6)[nH]c(=Nc6cccc(S(=O)(=O)N(CCC(=N)O)CCC(=N)O)c6)[nH]5)cc4S(=O)(=O)O)c(S(=O)(=O)O)c3)[nH]2)c1. The van der Waals surface area contributed by atoms with Gasteiger partial charge in [0.2, 0.25) is 73.8 Å². The molecule has 0 amide bonds. The zero-order chi connectivity index (χ0) is 88.2. The number of aromatic nitrogens is 6. The lowest BCUT2D eigenvalue weighted by molar-refractivity contribution is 0.403. The van der Waals surface area contributed by atoms with Gasteiger partial charge in [-0.2, -0.15) is 34.1 Å². The van der Waals surface area contributed by atoms with Crippen molar-refractivity contribution in [2.24, 2.45) is 30.0 Å². The molecule has 0 saturated heterocycles. The molecule has 0 aliphatic carbocycles. The molecule has 2 aromatic heterocycles. The molecule has 2 heterocycles. The van der Waals surface area contributed by atoms with Gasteiger partial charge in [-0.15, -0.1) is 0 Å². The molecular weight excluding hydrogens is 1700 g/mol. The van der Waals surface area contributed by atoms with Crippen LogP contribution in [0.15, 0.2) is 193 Å². The fourth-order valence-corrected chi connectivity index (χ4v) is 18.1. The molecule has 52 heteroatoms. The van der Waals surface area contributed by atoms with E-state index in [0.29, 0.717) is 0 Å². The van der Waals surface area contributed by atoms with Crippen molar-refractivity contribution in [3.05, 3.63) is 178 Å². The minimum absolute atomic E-state index is 0.104. The van der Waals surface area contributed by atoms with Crippen molar-refractivity contribution in [2.75, 3.05) is 52.4 Å². The lowest BCUT2D eigenvalue weighted by Gasteiger charge is -2.21. The lowest BCUT2D eigenvalue weighted by Crippen LogP contribution is -2.36. The van der Waals surface area contributed by atoms with Crippen LogP contribution in [0.25, 0.3) is 12.2 Å². The van der Waals surface area contributed by atoms with Crippen LogP contribution in [0, 0.1) is 43.3 Å². The van der Waals surface area contributed by atoms with Crippen LogP contribution in [0.5, 0.6) is 0 Å². The van der Waals surface area contributed by atoms with Crippen LogP contribution in [0.2, 0.25) is 0 Å². The van der Waals surface area contributed by atoms with Crippen LogP contribution < -0.4 is 33.7 Å². The molecule has 0 spiro atoms. The molecule has 0 bridgehead atoms. The van der Waals surface area contributed by atoms with Crippen molar-refractivity contribution in [1.29, 1.82) is 43.3 Å². The smallest absolute Gasteiger partial charge is 0.295 e. The first-order chi connectivity index (χ1) is 56.2. The summed E-state index contributed by atoms with van der Waals surface area (Å²) in [6, 6.07) is 26.0. The monoisotopic (exact) mass is 1780 g/mol. The van der Waals surface area contributed by atoms with Crippen molar-refractivity contribution < 1.29 is 100 Å². The predicted octanol–water partition coefficient (Wildman–Crippen LogP) is 5.08. The summed E-state index contributed by atoms with van der Waals surface area (Å²) in [6.45, 7) is -3.56. The first-order valence-corrected chi connectivity index (χ1v) is 43.5. The number of hydrogen-bond acceptors (Lipinski definition) is 26. The maximum Gasteiger partial charge on any atom is 0.295 e. The number of sulfonamides is 4. The highest BCUT2D eigenvalue weighted by molar-refractivity contribution is 7.90. The van der Waals surface area contributed by atoms with Crippen LogP contribution >= 0.6 is 0 Å². The Bertz CT molecular complexity index is 5820. The van der Waals surface area contributed by atoms with Crippen molar-refractivity contribution in [2.45, 2.75) is 80.7 Å². The largest absolute Gasteiger partial charge is 0.497 e. The Morgan fingerprint density at radius 2 is 0.450 bits per heavy atom. The second-order valence-corrected chi connectivity index (χ2v) is 36.0. The normalized spacial score (nSPS) is 13.0. The number of aliphatic hydroxyl groups is 8. The van der Waals surface area contributed by atoms with Gasteiger partial charge in [-0.05, 0) is 108 Å². The number of benzene rings is 6. The van der Waals surface area contributed by atoms with Gasteiger partial charge in [0.05, 0.1) is 53.7 Å². The summed E-state index contributed by atoms with van der Waals surface area (Å²) in [6.07, 6.45) is -1.46. The second kappa shape index (κ2) is 40.0. The Kier molecular flexibility index (Phi) is 30.9. The minimum atomic E-state index is -5.29. The molecule has 6 aromatic carbocycles. The van der Waals surface area contributed by atoms with E-state index in [1.54, 1.807) is 0 Å². The Labute approximate surface area is 681 Å². The van der Waals surface area contributed by atoms with E-state index in [1.165, 1.54) is 84.9 Å². The van der Waals surface area contributed by atoms with Gasteiger partial charge >= 0.3 is 0 Å². The average Bonchev–Trinajstić information content (AvgIpc) is 0.793. The van der Waals surface area contributed by atoms with Crippen LogP contribution in [-0.2, 0) is 60.3 Å². The van der Waals surface area contributed by atoms with Crippen molar-refractivity contribution in [1.82, 2.24) is 47.1 Å². The molecule has 120 heavy (non-hydrogen) atoms. The van der Waals surface area contributed by atoms with E-state index in [9.17, 15) is 100 Å². The summed E-state index contributed by atoms with van der Waals surface area (Å²) < 4.78 is 190. The molecular formula is C68H80N24O22S6. The Hall–Kier alpha value is -12.9. The summed E-state index contributed by atoms with van der Waals surface area (Å²) in [5, 5.41) is 137. The lowest BCUT2D eigenvalue weighted by atomic mass is 10.1. The third kappa shape index (κ3) is 26.8. The molecule has 640 valence electrons. The highest BCUT2D eigenvalue weighted by Gasteiger charge is 2.30. The molecule has 0 unspecified atom stereocenters. The third-order valence-electron chi connectivity index (χ3n) is 16.5. The van der Waals surface area contributed by atoms with Crippen LogP contribution in [0.1, 0.15) is 62.5 Å². The van der Waals surface area contributed by atoms with Crippen LogP contribution in [-0.4, -0.2) is 247 Å². The molecule has 0 fully saturated rings. The summed E-state index contributed by atoms with van der Waals surface area (Å²) >= 11 is 0. The number of aliphatic hydroxyl groups excluding tert-OH is 8. The molecule has 8 rings (SSSR count). The Morgan fingerprint density at radius 3 is 0.617 bits per heavy atom.